The Bertz CT molecular complexity index is 674. The van der Waals surface area contributed by atoms with E-state index in [-0.39, 0.29) is 11.9 Å². The van der Waals surface area contributed by atoms with Gasteiger partial charge >= 0.3 is 0 Å². The molecule has 1 atom stereocenters. The fourth-order valence-corrected chi connectivity index (χ4v) is 3.48. The number of hydrogen-bond acceptors (Lipinski definition) is 3. The number of piperazine rings is 1. The summed E-state index contributed by atoms with van der Waals surface area (Å²) in [7, 11) is 0. The van der Waals surface area contributed by atoms with Crippen molar-refractivity contribution in [1.29, 1.82) is 0 Å². The summed E-state index contributed by atoms with van der Waals surface area (Å²) in [6.07, 6.45) is 0.963. The molecule has 2 aromatic carbocycles. The van der Waals surface area contributed by atoms with E-state index < -0.39 is 0 Å². The van der Waals surface area contributed by atoms with Gasteiger partial charge in [-0.25, -0.2) is 0 Å². The lowest BCUT2D eigenvalue weighted by molar-refractivity contribution is -0.129. The molecular formula is C22H29N3O. The monoisotopic (exact) mass is 351 g/mol. The topological polar surface area (TPSA) is 35.6 Å². The standard InChI is InChI=1S/C22H29N3O/c1-2-13-23-22(26)21-18-24(16-19-9-5-3-6-10-19)14-15-25(21)17-20-11-7-4-8-12-20/h3-12,21H,2,13-18H2,1H3,(H,23,26). The van der Waals surface area contributed by atoms with Crippen molar-refractivity contribution >= 4 is 5.91 Å². The number of rotatable bonds is 7. The molecule has 0 aliphatic carbocycles. The van der Waals surface area contributed by atoms with Gasteiger partial charge in [-0.3, -0.25) is 14.6 Å². The van der Waals surface area contributed by atoms with E-state index in [0.717, 1.165) is 45.7 Å². The lowest BCUT2D eigenvalue weighted by Gasteiger charge is -2.40. The van der Waals surface area contributed by atoms with Gasteiger partial charge in [0, 0.05) is 39.3 Å². The molecule has 138 valence electrons. The van der Waals surface area contributed by atoms with Crippen molar-refractivity contribution in [3.63, 3.8) is 0 Å². The van der Waals surface area contributed by atoms with Gasteiger partial charge in [0.05, 0.1) is 0 Å². The highest BCUT2D eigenvalue weighted by Gasteiger charge is 2.32. The Hall–Kier alpha value is -2.17. The summed E-state index contributed by atoms with van der Waals surface area (Å²) in [6, 6.07) is 20.8. The minimum absolute atomic E-state index is 0.0979. The van der Waals surface area contributed by atoms with Gasteiger partial charge in [0.15, 0.2) is 0 Å². The molecule has 1 saturated heterocycles. The molecule has 1 heterocycles. The van der Waals surface area contributed by atoms with Crippen LogP contribution in [0.25, 0.3) is 0 Å². The smallest absolute Gasteiger partial charge is 0.238 e. The molecule has 3 rings (SSSR count). The van der Waals surface area contributed by atoms with Crippen LogP contribution in [0.3, 0.4) is 0 Å². The summed E-state index contributed by atoms with van der Waals surface area (Å²) in [6.45, 7) is 7.22. The number of carbonyl (C=O) groups excluding carboxylic acids is 1. The molecule has 1 unspecified atom stereocenters. The molecule has 2 aromatic rings. The second kappa shape index (κ2) is 9.51. The zero-order valence-corrected chi connectivity index (χ0v) is 15.6. The average molecular weight is 351 g/mol. The number of carbonyl (C=O) groups is 1. The lowest BCUT2D eigenvalue weighted by Crippen LogP contribution is -2.58. The quantitative estimate of drug-likeness (QED) is 0.833. The van der Waals surface area contributed by atoms with Gasteiger partial charge in [-0.15, -0.1) is 0 Å². The summed E-state index contributed by atoms with van der Waals surface area (Å²) < 4.78 is 0. The van der Waals surface area contributed by atoms with Crippen molar-refractivity contribution in [3.8, 4) is 0 Å². The highest BCUT2D eigenvalue weighted by Crippen LogP contribution is 2.16. The third-order valence-electron chi connectivity index (χ3n) is 4.90. The van der Waals surface area contributed by atoms with Gasteiger partial charge in [-0.2, -0.15) is 0 Å². The molecule has 0 saturated carbocycles. The number of hydrogen-bond donors (Lipinski definition) is 1. The Morgan fingerprint density at radius 1 is 0.962 bits per heavy atom. The van der Waals surface area contributed by atoms with E-state index in [4.69, 9.17) is 0 Å². The molecule has 26 heavy (non-hydrogen) atoms. The van der Waals surface area contributed by atoms with E-state index in [1.54, 1.807) is 0 Å². The van der Waals surface area contributed by atoms with E-state index in [2.05, 4.69) is 70.6 Å². The van der Waals surface area contributed by atoms with Crippen LogP contribution in [-0.4, -0.2) is 47.9 Å². The Labute approximate surface area is 156 Å². The molecule has 0 aromatic heterocycles. The van der Waals surface area contributed by atoms with Crippen molar-refractivity contribution in [3.05, 3.63) is 71.8 Å². The second-order valence-electron chi connectivity index (χ2n) is 6.98. The molecule has 1 amide bonds. The molecule has 1 N–H and O–H groups in total. The number of nitrogens with zero attached hydrogens (tertiary/aromatic N) is 2. The van der Waals surface area contributed by atoms with Crippen LogP contribution in [0, 0.1) is 0 Å². The van der Waals surface area contributed by atoms with Crippen LogP contribution < -0.4 is 5.32 Å². The van der Waals surface area contributed by atoms with Gasteiger partial charge in [0.1, 0.15) is 6.04 Å². The largest absolute Gasteiger partial charge is 0.355 e. The van der Waals surface area contributed by atoms with E-state index >= 15 is 0 Å². The maximum Gasteiger partial charge on any atom is 0.238 e. The first-order valence-electron chi connectivity index (χ1n) is 9.58. The van der Waals surface area contributed by atoms with Crippen molar-refractivity contribution < 1.29 is 4.79 Å². The lowest BCUT2D eigenvalue weighted by atomic mass is 10.1. The molecule has 1 aliphatic heterocycles. The molecule has 4 nitrogen and oxygen atoms in total. The maximum atomic E-state index is 12.8. The van der Waals surface area contributed by atoms with E-state index in [1.807, 2.05) is 12.1 Å². The zero-order valence-electron chi connectivity index (χ0n) is 15.6. The zero-order chi connectivity index (χ0) is 18.2. The summed E-state index contributed by atoms with van der Waals surface area (Å²) in [5.41, 5.74) is 2.56. The Kier molecular flexibility index (Phi) is 6.81. The Morgan fingerprint density at radius 2 is 1.58 bits per heavy atom. The minimum atomic E-state index is -0.0979. The van der Waals surface area contributed by atoms with E-state index in [1.165, 1.54) is 11.1 Å². The molecular weight excluding hydrogens is 322 g/mol. The van der Waals surface area contributed by atoms with Gasteiger partial charge in [0.25, 0.3) is 0 Å². The summed E-state index contributed by atoms with van der Waals surface area (Å²) in [5.74, 6) is 0.153. The molecule has 4 heteroatoms. The molecule has 1 fully saturated rings. The van der Waals surface area contributed by atoms with Crippen LogP contribution in [-0.2, 0) is 17.9 Å². The molecule has 0 spiro atoms. The SMILES string of the molecule is CCCNC(=O)C1CN(Cc2ccccc2)CCN1Cc1ccccc1. The first kappa shape index (κ1) is 18.6. The van der Waals surface area contributed by atoms with Crippen LogP contribution >= 0.6 is 0 Å². The summed E-state index contributed by atoms with van der Waals surface area (Å²) in [4.78, 5) is 17.5. The predicted octanol–water partition coefficient (Wildman–Crippen LogP) is 2.90. The van der Waals surface area contributed by atoms with Crippen LogP contribution in [0.5, 0.6) is 0 Å². The fourth-order valence-electron chi connectivity index (χ4n) is 3.48. The third kappa shape index (κ3) is 5.16. The normalized spacial score (nSPS) is 18.6. The van der Waals surface area contributed by atoms with E-state index in [9.17, 15) is 4.79 Å². The maximum absolute atomic E-state index is 12.8. The van der Waals surface area contributed by atoms with Gasteiger partial charge < -0.3 is 5.32 Å². The van der Waals surface area contributed by atoms with Crippen molar-refractivity contribution in [2.45, 2.75) is 32.5 Å². The van der Waals surface area contributed by atoms with Crippen molar-refractivity contribution in [1.82, 2.24) is 15.1 Å². The Balaban J connectivity index is 1.68. The first-order valence-corrected chi connectivity index (χ1v) is 9.58. The van der Waals surface area contributed by atoms with Crippen molar-refractivity contribution in [2.24, 2.45) is 0 Å². The van der Waals surface area contributed by atoms with Crippen LogP contribution in [0.15, 0.2) is 60.7 Å². The first-order chi connectivity index (χ1) is 12.8. The van der Waals surface area contributed by atoms with Gasteiger partial charge in [0.2, 0.25) is 5.91 Å². The van der Waals surface area contributed by atoms with Crippen LogP contribution in [0.1, 0.15) is 24.5 Å². The van der Waals surface area contributed by atoms with Crippen LogP contribution in [0.4, 0.5) is 0 Å². The second-order valence-corrected chi connectivity index (χ2v) is 6.98. The Morgan fingerprint density at radius 3 is 2.19 bits per heavy atom. The highest BCUT2D eigenvalue weighted by atomic mass is 16.2. The molecule has 1 aliphatic rings. The number of nitrogens with one attached hydrogen (secondary N) is 1. The molecule has 0 radical (unpaired) electrons. The summed E-state index contributed by atoms with van der Waals surface area (Å²) in [5, 5.41) is 3.09. The highest BCUT2D eigenvalue weighted by molar-refractivity contribution is 5.82. The van der Waals surface area contributed by atoms with Gasteiger partial charge in [-0.05, 0) is 17.5 Å². The minimum Gasteiger partial charge on any atom is -0.355 e. The summed E-state index contributed by atoms with van der Waals surface area (Å²) >= 11 is 0. The average Bonchev–Trinajstić information content (AvgIpc) is 2.69. The fraction of sp³-hybridized carbons (Fsp3) is 0.409. The van der Waals surface area contributed by atoms with Crippen LogP contribution in [0.2, 0.25) is 0 Å². The molecule has 0 bridgehead atoms. The van der Waals surface area contributed by atoms with Crippen molar-refractivity contribution in [2.75, 3.05) is 26.2 Å². The number of amides is 1. The van der Waals surface area contributed by atoms with E-state index in [0.29, 0.717) is 0 Å². The number of benzene rings is 2. The van der Waals surface area contributed by atoms with Gasteiger partial charge in [-0.1, -0.05) is 67.6 Å². The predicted molar refractivity (Wildman–Crippen MR) is 106 cm³/mol. The third-order valence-corrected chi connectivity index (χ3v) is 4.90.